The van der Waals surface area contributed by atoms with Crippen molar-refractivity contribution in [2.75, 3.05) is 5.75 Å². The summed E-state index contributed by atoms with van der Waals surface area (Å²) in [5.41, 5.74) is 0.907. The fourth-order valence-corrected chi connectivity index (χ4v) is 2.60. The second kappa shape index (κ2) is 7.31. The summed E-state index contributed by atoms with van der Waals surface area (Å²) in [5, 5.41) is 12.0. The van der Waals surface area contributed by atoms with E-state index in [0.29, 0.717) is 17.3 Å². The summed E-state index contributed by atoms with van der Waals surface area (Å²) in [5.74, 6) is 0.254. The molecule has 0 saturated heterocycles. The lowest BCUT2D eigenvalue weighted by Crippen LogP contribution is -2.24. The van der Waals surface area contributed by atoms with Crippen LogP contribution in [0.15, 0.2) is 35.7 Å². The molecule has 0 aliphatic carbocycles. The fourth-order valence-electron chi connectivity index (χ4n) is 1.59. The number of thioether (sulfide) groups is 1. The quantitative estimate of drug-likeness (QED) is 0.832. The lowest BCUT2D eigenvalue weighted by molar-refractivity contribution is -0.118. The van der Waals surface area contributed by atoms with Crippen LogP contribution in [0.2, 0.25) is 5.02 Å². The monoisotopic (exact) mass is 310 g/mol. The van der Waals surface area contributed by atoms with Gasteiger partial charge in [-0.2, -0.15) is 0 Å². The molecule has 2 aromatic rings. The van der Waals surface area contributed by atoms with E-state index in [-0.39, 0.29) is 5.91 Å². The van der Waals surface area contributed by atoms with Crippen molar-refractivity contribution in [2.45, 2.75) is 25.2 Å². The highest BCUT2D eigenvalue weighted by molar-refractivity contribution is 7.99. The van der Waals surface area contributed by atoms with Gasteiger partial charge in [-0.05, 0) is 18.6 Å². The number of nitrogens with one attached hydrogen (secondary N) is 1. The molecule has 0 bridgehead atoms. The zero-order valence-corrected chi connectivity index (χ0v) is 12.6. The van der Waals surface area contributed by atoms with Crippen molar-refractivity contribution in [3.8, 4) is 0 Å². The van der Waals surface area contributed by atoms with Crippen LogP contribution in [0.5, 0.6) is 0 Å². The van der Waals surface area contributed by atoms with Crippen LogP contribution >= 0.6 is 23.4 Å². The van der Waals surface area contributed by atoms with Gasteiger partial charge in [0.2, 0.25) is 5.91 Å². The Balaban J connectivity index is 1.80. The van der Waals surface area contributed by atoms with Crippen LogP contribution in [0.25, 0.3) is 0 Å². The number of carbonyl (C=O) groups is 1. The molecule has 0 fully saturated rings. The van der Waals surface area contributed by atoms with E-state index in [1.54, 1.807) is 6.33 Å². The summed E-state index contributed by atoms with van der Waals surface area (Å²) in [6.07, 6.45) is 1.66. The van der Waals surface area contributed by atoms with Crippen molar-refractivity contribution in [1.82, 2.24) is 20.1 Å². The van der Waals surface area contributed by atoms with E-state index >= 15 is 0 Å². The van der Waals surface area contributed by atoms with Crippen LogP contribution in [-0.2, 0) is 17.9 Å². The predicted octanol–water partition coefficient (Wildman–Crippen LogP) is 2.36. The first kappa shape index (κ1) is 14.9. The molecule has 5 nitrogen and oxygen atoms in total. The molecule has 20 heavy (non-hydrogen) atoms. The van der Waals surface area contributed by atoms with E-state index < -0.39 is 0 Å². The molecule has 1 heterocycles. The number of hydrogen-bond acceptors (Lipinski definition) is 4. The van der Waals surface area contributed by atoms with Gasteiger partial charge in [0.25, 0.3) is 0 Å². The smallest absolute Gasteiger partial charge is 0.230 e. The van der Waals surface area contributed by atoms with Gasteiger partial charge in [-0.3, -0.25) is 4.79 Å². The molecule has 0 radical (unpaired) electrons. The number of hydrogen-bond donors (Lipinski definition) is 1. The van der Waals surface area contributed by atoms with E-state index in [9.17, 15) is 4.79 Å². The Labute approximate surface area is 126 Å². The zero-order chi connectivity index (χ0) is 14.4. The third-order valence-electron chi connectivity index (χ3n) is 2.69. The van der Waals surface area contributed by atoms with Crippen LogP contribution in [0.3, 0.4) is 0 Å². The van der Waals surface area contributed by atoms with E-state index in [0.717, 1.165) is 17.3 Å². The van der Waals surface area contributed by atoms with Crippen molar-refractivity contribution >= 4 is 29.3 Å². The Morgan fingerprint density at radius 1 is 1.45 bits per heavy atom. The minimum Gasteiger partial charge on any atom is -0.351 e. The molecular weight excluding hydrogens is 296 g/mol. The van der Waals surface area contributed by atoms with Crippen molar-refractivity contribution in [3.63, 3.8) is 0 Å². The molecule has 2 rings (SSSR count). The molecule has 1 N–H and O–H groups in total. The predicted molar refractivity (Wildman–Crippen MR) is 79.7 cm³/mol. The van der Waals surface area contributed by atoms with Gasteiger partial charge >= 0.3 is 0 Å². The van der Waals surface area contributed by atoms with Gasteiger partial charge < -0.3 is 9.88 Å². The van der Waals surface area contributed by atoms with Crippen LogP contribution in [0.4, 0.5) is 0 Å². The minimum atomic E-state index is -0.0550. The second-order valence-electron chi connectivity index (χ2n) is 4.06. The van der Waals surface area contributed by atoms with Crippen molar-refractivity contribution in [3.05, 3.63) is 41.2 Å². The molecule has 0 atom stereocenters. The summed E-state index contributed by atoms with van der Waals surface area (Å²) >= 11 is 7.40. The third-order valence-corrected chi connectivity index (χ3v) is 4.04. The van der Waals surface area contributed by atoms with Gasteiger partial charge in [0.05, 0.1) is 5.75 Å². The summed E-state index contributed by atoms with van der Waals surface area (Å²) in [4.78, 5) is 11.8. The molecule has 0 aliphatic rings. The van der Waals surface area contributed by atoms with E-state index in [1.165, 1.54) is 11.8 Å². The first-order chi connectivity index (χ1) is 9.70. The molecule has 0 aliphatic heterocycles. The molecule has 1 aromatic heterocycles. The van der Waals surface area contributed by atoms with Crippen LogP contribution < -0.4 is 5.32 Å². The Kier molecular flexibility index (Phi) is 5.43. The lowest BCUT2D eigenvalue weighted by atomic mass is 10.2. The van der Waals surface area contributed by atoms with E-state index in [4.69, 9.17) is 11.6 Å². The first-order valence-electron chi connectivity index (χ1n) is 6.21. The maximum Gasteiger partial charge on any atom is 0.230 e. The number of rotatable bonds is 6. The SMILES string of the molecule is CCn1cnnc1SCC(=O)NCc1ccccc1Cl. The Bertz CT molecular complexity index is 587. The Morgan fingerprint density at radius 3 is 3.00 bits per heavy atom. The molecular formula is C13H15ClN4OS. The summed E-state index contributed by atoms with van der Waals surface area (Å²) in [6, 6.07) is 7.46. The van der Waals surface area contributed by atoms with Gasteiger partial charge in [-0.1, -0.05) is 41.6 Å². The summed E-state index contributed by atoms with van der Waals surface area (Å²) in [7, 11) is 0. The minimum absolute atomic E-state index is 0.0550. The first-order valence-corrected chi connectivity index (χ1v) is 7.57. The zero-order valence-electron chi connectivity index (χ0n) is 11.0. The van der Waals surface area contributed by atoms with Crippen LogP contribution in [-0.4, -0.2) is 26.4 Å². The molecule has 0 unspecified atom stereocenters. The molecule has 1 amide bonds. The summed E-state index contributed by atoms with van der Waals surface area (Å²) in [6.45, 7) is 3.22. The largest absolute Gasteiger partial charge is 0.351 e. The Hall–Kier alpha value is -1.53. The van der Waals surface area contributed by atoms with Gasteiger partial charge in [-0.15, -0.1) is 10.2 Å². The number of benzene rings is 1. The molecule has 0 spiro atoms. The number of aryl methyl sites for hydroxylation is 1. The van der Waals surface area contributed by atoms with Gasteiger partial charge in [0.15, 0.2) is 5.16 Å². The van der Waals surface area contributed by atoms with Crippen molar-refractivity contribution in [1.29, 1.82) is 0 Å². The highest BCUT2D eigenvalue weighted by atomic mass is 35.5. The Morgan fingerprint density at radius 2 is 2.25 bits per heavy atom. The fraction of sp³-hybridized carbons (Fsp3) is 0.308. The summed E-state index contributed by atoms with van der Waals surface area (Å²) < 4.78 is 1.89. The standard InChI is InChI=1S/C13H15ClN4OS/c1-2-18-9-16-17-13(18)20-8-12(19)15-7-10-5-3-4-6-11(10)14/h3-6,9H,2,7-8H2,1H3,(H,15,19). The number of amides is 1. The molecule has 7 heteroatoms. The third kappa shape index (κ3) is 3.98. The highest BCUT2D eigenvalue weighted by Gasteiger charge is 2.08. The highest BCUT2D eigenvalue weighted by Crippen LogP contribution is 2.16. The van der Waals surface area contributed by atoms with Gasteiger partial charge in [0.1, 0.15) is 6.33 Å². The van der Waals surface area contributed by atoms with Crippen LogP contribution in [0.1, 0.15) is 12.5 Å². The molecule has 1 aromatic carbocycles. The lowest BCUT2D eigenvalue weighted by Gasteiger charge is -2.07. The normalized spacial score (nSPS) is 10.5. The number of nitrogens with zero attached hydrogens (tertiary/aromatic N) is 3. The van der Waals surface area contributed by atoms with Crippen molar-refractivity contribution in [2.24, 2.45) is 0 Å². The van der Waals surface area contributed by atoms with E-state index in [2.05, 4.69) is 15.5 Å². The van der Waals surface area contributed by atoms with Crippen LogP contribution in [0, 0.1) is 0 Å². The maximum atomic E-state index is 11.8. The average Bonchev–Trinajstić information content (AvgIpc) is 2.91. The van der Waals surface area contributed by atoms with E-state index in [1.807, 2.05) is 35.8 Å². The topological polar surface area (TPSA) is 59.8 Å². The molecule has 0 saturated carbocycles. The van der Waals surface area contributed by atoms with Gasteiger partial charge in [-0.25, -0.2) is 0 Å². The van der Waals surface area contributed by atoms with Crippen molar-refractivity contribution < 1.29 is 4.79 Å². The maximum absolute atomic E-state index is 11.8. The van der Waals surface area contributed by atoms with Gasteiger partial charge in [0, 0.05) is 18.1 Å². The number of carbonyl (C=O) groups excluding carboxylic acids is 1. The number of halogens is 1. The number of aromatic nitrogens is 3. The second-order valence-corrected chi connectivity index (χ2v) is 5.41. The molecule has 106 valence electrons. The average molecular weight is 311 g/mol.